The molecule has 16 heavy (non-hydrogen) atoms. The highest BCUT2D eigenvalue weighted by atomic mass is 15.3. The Hall–Kier alpha value is -1.51. The monoisotopic (exact) mass is 217 g/mol. The summed E-state index contributed by atoms with van der Waals surface area (Å²) in [5, 5.41) is 4.62. The van der Waals surface area contributed by atoms with Crippen LogP contribution in [0.2, 0.25) is 0 Å². The van der Waals surface area contributed by atoms with Crippen molar-refractivity contribution in [3.63, 3.8) is 0 Å². The molecular formula is C13H19N3. The minimum absolute atomic E-state index is 0.540. The Kier molecular flexibility index (Phi) is 3.44. The standard InChI is InChI=1S/C13H19N3/c1-3-13(4-2)16-10-7-12(14-16)11-15-8-5-6-9-15/h5-10,13H,3-4,11H2,1-2H3. The Morgan fingerprint density at radius 3 is 2.44 bits per heavy atom. The van der Waals surface area contributed by atoms with Crippen molar-refractivity contribution in [3.8, 4) is 0 Å². The first-order valence-electron chi connectivity index (χ1n) is 5.98. The van der Waals surface area contributed by atoms with Gasteiger partial charge in [-0.1, -0.05) is 13.8 Å². The fraction of sp³-hybridized carbons (Fsp3) is 0.462. The molecule has 2 heterocycles. The Labute approximate surface area is 96.7 Å². The molecule has 2 aromatic rings. The highest BCUT2D eigenvalue weighted by Crippen LogP contribution is 2.14. The first-order valence-corrected chi connectivity index (χ1v) is 5.98. The number of rotatable bonds is 5. The van der Waals surface area contributed by atoms with Gasteiger partial charge in [-0.3, -0.25) is 4.68 Å². The Balaban J connectivity index is 2.07. The zero-order chi connectivity index (χ0) is 11.4. The van der Waals surface area contributed by atoms with E-state index in [2.05, 4.69) is 52.9 Å². The van der Waals surface area contributed by atoms with E-state index >= 15 is 0 Å². The molecule has 0 amide bonds. The largest absolute Gasteiger partial charge is 0.348 e. The van der Waals surface area contributed by atoms with Gasteiger partial charge in [0.15, 0.2) is 0 Å². The molecule has 0 unspecified atom stereocenters. The Morgan fingerprint density at radius 1 is 1.12 bits per heavy atom. The topological polar surface area (TPSA) is 22.8 Å². The number of aromatic nitrogens is 3. The van der Waals surface area contributed by atoms with E-state index in [1.54, 1.807) is 0 Å². The van der Waals surface area contributed by atoms with Gasteiger partial charge < -0.3 is 4.57 Å². The van der Waals surface area contributed by atoms with Gasteiger partial charge in [-0.2, -0.15) is 5.10 Å². The summed E-state index contributed by atoms with van der Waals surface area (Å²) in [7, 11) is 0. The summed E-state index contributed by atoms with van der Waals surface area (Å²) in [5.74, 6) is 0. The molecule has 2 rings (SSSR count). The van der Waals surface area contributed by atoms with Gasteiger partial charge in [0, 0.05) is 18.6 Å². The Bertz CT molecular complexity index is 410. The molecule has 3 nitrogen and oxygen atoms in total. The van der Waals surface area contributed by atoms with Gasteiger partial charge in [0.25, 0.3) is 0 Å². The molecule has 3 heteroatoms. The molecule has 0 radical (unpaired) electrons. The molecule has 0 aliphatic rings. The minimum atomic E-state index is 0.540. The molecule has 0 bridgehead atoms. The van der Waals surface area contributed by atoms with E-state index in [1.807, 2.05) is 12.1 Å². The second kappa shape index (κ2) is 5.01. The Morgan fingerprint density at radius 2 is 1.81 bits per heavy atom. The van der Waals surface area contributed by atoms with E-state index in [9.17, 15) is 0 Å². The van der Waals surface area contributed by atoms with Crippen LogP contribution in [0.3, 0.4) is 0 Å². The van der Waals surface area contributed by atoms with Crippen LogP contribution in [0.1, 0.15) is 38.4 Å². The van der Waals surface area contributed by atoms with Gasteiger partial charge in [0.05, 0.1) is 18.3 Å². The number of nitrogens with zero attached hydrogens (tertiary/aromatic N) is 3. The van der Waals surface area contributed by atoms with E-state index in [1.165, 1.54) is 0 Å². The predicted molar refractivity (Wildman–Crippen MR) is 65.4 cm³/mol. The van der Waals surface area contributed by atoms with Crippen molar-refractivity contribution in [3.05, 3.63) is 42.5 Å². The maximum absolute atomic E-state index is 4.62. The zero-order valence-electron chi connectivity index (χ0n) is 10.0. The van der Waals surface area contributed by atoms with E-state index in [0.29, 0.717) is 6.04 Å². The molecule has 86 valence electrons. The lowest BCUT2D eigenvalue weighted by Crippen LogP contribution is -2.08. The first kappa shape index (κ1) is 11.0. The quantitative estimate of drug-likeness (QED) is 0.754. The van der Waals surface area contributed by atoms with Crippen LogP contribution in [0.5, 0.6) is 0 Å². The molecule has 2 aromatic heterocycles. The molecule has 0 spiro atoms. The van der Waals surface area contributed by atoms with Gasteiger partial charge in [0.2, 0.25) is 0 Å². The predicted octanol–water partition coefficient (Wildman–Crippen LogP) is 3.09. The average Bonchev–Trinajstić information content (AvgIpc) is 2.93. The van der Waals surface area contributed by atoms with E-state index in [-0.39, 0.29) is 0 Å². The molecule has 0 N–H and O–H groups in total. The number of hydrogen-bond donors (Lipinski definition) is 0. The highest BCUT2D eigenvalue weighted by molar-refractivity contribution is 5.03. The highest BCUT2D eigenvalue weighted by Gasteiger charge is 2.07. The van der Waals surface area contributed by atoms with Crippen LogP contribution < -0.4 is 0 Å². The molecule has 0 aliphatic carbocycles. The molecule has 0 saturated heterocycles. The zero-order valence-corrected chi connectivity index (χ0v) is 10.0. The normalized spacial score (nSPS) is 11.2. The molecule has 0 atom stereocenters. The summed E-state index contributed by atoms with van der Waals surface area (Å²) in [6.45, 7) is 5.28. The van der Waals surface area contributed by atoms with Crippen molar-refractivity contribution in [1.29, 1.82) is 0 Å². The van der Waals surface area contributed by atoms with Crippen LogP contribution in [0.4, 0.5) is 0 Å². The van der Waals surface area contributed by atoms with Crippen molar-refractivity contribution < 1.29 is 0 Å². The van der Waals surface area contributed by atoms with Gasteiger partial charge in [-0.25, -0.2) is 0 Å². The third-order valence-corrected chi connectivity index (χ3v) is 2.99. The lowest BCUT2D eigenvalue weighted by Gasteiger charge is -2.12. The molecule has 0 fully saturated rings. The molecule has 0 aliphatic heterocycles. The van der Waals surface area contributed by atoms with E-state index in [4.69, 9.17) is 0 Å². The van der Waals surface area contributed by atoms with Crippen LogP contribution in [0.25, 0.3) is 0 Å². The van der Waals surface area contributed by atoms with Gasteiger partial charge in [0.1, 0.15) is 0 Å². The first-order chi connectivity index (χ1) is 7.83. The summed E-state index contributed by atoms with van der Waals surface area (Å²) in [6.07, 6.45) is 8.51. The minimum Gasteiger partial charge on any atom is -0.348 e. The van der Waals surface area contributed by atoms with Crippen LogP contribution in [0, 0.1) is 0 Å². The second-order valence-corrected chi connectivity index (χ2v) is 4.11. The van der Waals surface area contributed by atoms with Crippen LogP contribution >= 0.6 is 0 Å². The summed E-state index contributed by atoms with van der Waals surface area (Å²) in [6, 6.07) is 6.73. The van der Waals surface area contributed by atoms with Crippen molar-refractivity contribution >= 4 is 0 Å². The SMILES string of the molecule is CCC(CC)n1ccc(Cn2cccc2)n1. The molecular weight excluding hydrogens is 198 g/mol. The summed E-state index contributed by atoms with van der Waals surface area (Å²) >= 11 is 0. The summed E-state index contributed by atoms with van der Waals surface area (Å²) < 4.78 is 4.23. The second-order valence-electron chi connectivity index (χ2n) is 4.11. The third-order valence-electron chi connectivity index (χ3n) is 2.99. The fourth-order valence-electron chi connectivity index (χ4n) is 1.99. The maximum atomic E-state index is 4.62. The van der Waals surface area contributed by atoms with Crippen LogP contribution in [-0.2, 0) is 6.54 Å². The van der Waals surface area contributed by atoms with Crippen molar-refractivity contribution in [1.82, 2.24) is 14.3 Å². The lowest BCUT2D eigenvalue weighted by atomic mass is 10.2. The third kappa shape index (κ3) is 2.35. The lowest BCUT2D eigenvalue weighted by molar-refractivity contribution is 0.424. The smallest absolute Gasteiger partial charge is 0.0821 e. The van der Waals surface area contributed by atoms with Gasteiger partial charge in [-0.05, 0) is 31.0 Å². The van der Waals surface area contributed by atoms with Crippen molar-refractivity contribution in [2.75, 3.05) is 0 Å². The van der Waals surface area contributed by atoms with E-state index < -0.39 is 0 Å². The maximum Gasteiger partial charge on any atom is 0.0821 e. The average molecular weight is 217 g/mol. The van der Waals surface area contributed by atoms with Gasteiger partial charge >= 0.3 is 0 Å². The van der Waals surface area contributed by atoms with Crippen molar-refractivity contribution in [2.45, 2.75) is 39.3 Å². The molecule has 0 saturated carbocycles. The van der Waals surface area contributed by atoms with Gasteiger partial charge in [-0.15, -0.1) is 0 Å². The van der Waals surface area contributed by atoms with E-state index in [0.717, 1.165) is 25.1 Å². The van der Waals surface area contributed by atoms with Crippen molar-refractivity contribution in [2.24, 2.45) is 0 Å². The number of hydrogen-bond acceptors (Lipinski definition) is 1. The fourth-order valence-corrected chi connectivity index (χ4v) is 1.99. The summed E-state index contributed by atoms with van der Waals surface area (Å²) in [4.78, 5) is 0. The van der Waals surface area contributed by atoms with Crippen LogP contribution in [-0.4, -0.2) is 14.3 Å². The van der Waals surface area contributed by atoms with Crippen LogP contribution in [0.15, 0.2) is 36.8 Å². The molecule has 0 aromatic carbocycles. The summed E-state index contributed by atoms with van der Waals surface area (Å²) in [5.41, 5.74) is 1.13.